The first-order valence-corrected chi connectivity index (χ1v) is 6.93. The molecule has 0 saturated heterocycles. The highest BCUT2D eigenvalue weighted by molar-refractivity contribution is 5.97. The number of hydrogen-bond acceptors (Lipinski definition) is 2. The maximum Gasteiger partial charge on any atom is 0.163 e. The number of rotatable bonds is 6. The van der Waals surface area contributed by atoms with Crippen LogP contribution in [0.3, 0.4) is 0 Å². The number of benzene rings is 1. The van der Waals surface area contributed by atoms with E-state index in [1.165, 1.54) is 11.1 Å². The lowest BCUT2D eigenvalue weighted by Gasteiger charge is -2.10. The molecule has 0 bridgehead atoms. The van der Waals surface area contributed by atoms with E-state index in [4.69, 9.17) is 4.74 Å². The van der Waals surface area contributed by atoms with Gasteiger partial charge in [-0.1, -0.05) is 23.3 Å². The molecule has 0 fully saturated rings. The largest absolute Gasteiger partial charge is 0.489 e. The van der Waals surface area contributed by atoms with Crippen molar-refractivity contribution in [3.05, 3.63) is 52.6 Å². The molecule has 0 spiro atoms. The summed E-state index contributed by atoms with van der Waals surface area (Å²) in [5, 5.41) is 0. The van der Waals surface area contributed by atoms with Crippen molar-refractivity contribution in [1.82, 2.24) is 0 Å². The molecule has 0 aliphatic heterocycles. The van der Waals surface area contributed by atoms with E-state index in [1.54, 1.807) is 6.92 Å². The van der Waals surface area contributed by atoms with E-state index in [-0.39, 0.29) is 5.78 Å². The molecule has 0 radical (unpaired) electrons. The predicted octanol–water partition coefficient (Wildman–Crippen LogP) is 4.74. The lowest BCUT2D eigenvalue weighted by atomic mass is 10.0. The molecule has 0 aliphatic carbocycles. The van der Waals surface area contributed by atoms with E-state index < -0.39 is 0 Å². The highest BCUT2D eigenvalue weighted by Gasteiger charge is 2.09. The summed E-state index contributed by atoms with van der Waals surface area (Å²) >= 11 is 0. The van der Waals surface area contributed by atoms with E-state index in [0.717, 1.165) is 12.0 Å². The molecule has 1 aromatic carbocycles. The molecule has 1 aromatic rings. The van der Waals surface area contributed by atoms with Gasteiger partial charge in [0.05, 0.1) is 5.56 Å². The van der Waals surface area contributed by atoms with E-state index in [0.29, 0.717) is 17.9 Å². The molecule has 0 heterocycles. The Morgan fingerprint density at radius 2 is 1.70 bits per heavy atom. The second-order valence-corrected chi connectivity index (χ2v) is 5.46. The number of Topliss-reactive ketones (excluding diaryl/α,β-unsaturated/α-hetero) is 1. The zero-order valence-electron chi connectivity index (χ0n) is 13.1. The lowest BCUT2D eigenvalue weighted by molar-refractivity contribution is 0.101. The van der Waals surface area contributed by atoms with Gasteiger partial charge in [-0.2, -0.15) is 0 Å². The van der Waals surface area contributed by atoms with Crippen molar-refractivity contribution in [2.75, 3.05) is 6.61 Å². The molecule has 1 rings (SSSR count). The van der Waals surface area contributed by atoms with Gasteiger partial charge in [0.15, 0.2) is 5.78 Å². The molecule has 20 heavy (non-hydrogen) atoms. The molecular weight excluding hydrogens is 248 g/mol. The summed E-state index contributed by atoms with van der Waals surface area (Å²) in [6.07, 6.45) is 5.00. The van der Waals surface area contributed by atoms with Crippen LogP contribution in [-0.4, -0.2) is 12.4 Å². The van der Waals surface area contributed by atoms with Gasteiger partial charge in [0.2, 0.25) is 0 Å². The van der Waals surface area contributed by atoms with Crippen molar-refractivity contribution in [2.24, 2.45) is 0 Å². The Labute approximate surface area is 122 Å². The first kappa shape index (κ1) is 16.2. The van der Waals surface area contributed by atoms with Crippen LogP contribution >= 0.6 is 0 Å². The normalized spacial score (nSPS) is 9.85. The summed E-state index contributed by atoms with van der Waals surface area (Å²) in [5.41, 5.74) is 4.27. The monoisotopic (exact) mass is 272 g/mol. The van der Waals surface area contributed by atoms with Gasteiger partial charge in [-0.25, -0.2) is 0 Å². The van der Waals surface area contributed by atoms with Gasteiger partial charge >= 0.3 is 0 Å². The summed E-state index contributed by atoms with van der Waals surface area (Å²) in [5.74, 6) is 0.701. The molecule has 0 amide bonds. The minimum Gasteiger partial charge on any atom is -0.489 e. The zero-order valence-corrected chi connectivity index (χ0v) is 13.1. The number of hydrogen-bond donors (Lipinski definition) is 0. The third-order valence-electron chi connectivity index (χ3n) is 2.90. The zero-order chi connectivity index (χ0) is 15.1. The molecule has 0 aliphatic rings. The topological polar surface area (TPSA) is 26.3 Å². The SMILES string of the molecule is CC(=O)c1cc(CC=C(C)C)ccc1OCC=C(C)C. The molecule has 0 atom stereocenters. The summed E-state index contributed by atoms with van der Waals surface area (Å²) in [6.45, 7) is 10.3. The van der Waals surface area contributed by atoms with E-state index in [1.807, 2.05) is 38.1 Å². The van der Waals surface area contributed by atoms with Crippen LogP contribution in [0, 0.1) is 0 Å². The standard InChI is InChI=1S/C18H24O2/c1-13(2)6-7-16-8-9-18(17(12-16)15(5)19)20-11-10-14(3)4/h6,8-10,12H,7,11H2,1-5H3. The third kappa shape index (κ3) is 5.43. The number of carbonyl (C=O) groups is 1. The Balaban J connectivity index is 2.93. The fourth-order valence-electron chi connectivity index (χ4n) is 1.73. The Morgan fingerprint density at radius 1 is 1.05 bits per heavy atom. The molecular formula is C18H24O2. The maximum atomic E-state index is 11.7. The van der Waals surface area contributed by atoms with Crippen molar-refractivity contribution >= 4 is 5.78 Å². The Morgan fingerprint density at radius 3 is 2.25 bits per heavy atom. The van der Waals surface area contributed by atoms with Gasteiger partial charge in [-0.15, -0.1) is 0 Å². The quantitative estimate of drug-likeness (QED) is 0.552. The molecule has 0 saturated carbocycles. The number of allylic oxidation sites excluding steroid dienone is 3. The van der Waals surface area contributed by atoms with Crippen molar-refractivity contribution in [3.8, 4) is 5.75 Å². The van der Waals surface area contributed by atoms with E-state index in [9.17, 15) is 4.79 Å². The van der Waals surface area contributed by atoms with Gasteiger partial charge in [0.1, 0.15) is 12.4 Å². The molecule has 0 unspecified atom stereocenters. The minimum atomic E-state index is 0.0382. The molecule has 2 heteroatoms. The van der Waals surface area contributed by atoms with Crippen molar-refractivity contribution in [2.45, 2.75) is 41.0 Å². The average Bonchev–Trinajstić information content (AvgIpc) is 2.36. The second kappa shape index (κ2) is 7.68. The summed E-state index contributed by atoms with van der Waals surface area (Å²) in [4.78, 5) is 11.7. The minimum absolute atomic E-state index is 0.0382. The van der Waals surface area contributed by atoms with E-state index >= 15 is 0 Å². The Hall–Kier alpha value is -1.83. The number of ketones is 1. The highest BCUT2D eigenvalue weighted by atomic mass is 16.5. The molecule has 108 valence electrons. The smallest absolute Gasteiger partial charge is 0.163 e. The first-order chi connectivity index (χ1) is 9.40. The Bertz CT molecular complexity index is 528. The highest BCUT2D eigenvalue weighted by Crippen LogP contribution is 2.21. The maximum absolute atomic E-state index is 11.7. The van der Waals surface area contributed by atoms with E-state index in [2.05, 4.69) is 19.9 Å². The van der Waals surface area contributed by atoms with Crippen LogP contribution in [0.15, 0.2) is 41.5 Å². The lowest BCUT2D eigenvalue weighted by Crippen LogP contribution is -2.02. The van der Waals surface area contributed by atoms with Crippen LogP contribution in [0.25, 0.3) is 0 Å². The predicted molar refractivity (Wildman–Crippen MR) is 84.5 cm³/mol. The van der Waals surface area contributed by atoms with Crippen LogP contribution in [0.5, 0.6) is 5.75 Å². The number of ether oxygens (including phenoxy) is 1. The van der Waals surface area contributed by atoms with Crippen LogP contribution in [0.4, 0.5) is 0 Å². The van der Waals surface area contributed by atoms with Gasteiger partial charge in [0.25, 0.3) is 0 Å². The second-order valence-electron chi connectivity index (χ2n) is 5.46. The van der Waals surface area contributed by atoms with Gasteiger partial charge in [0, 0.05) is 0 Å². The summed E-state index contributed by atoms with van der Waals surface area (Å²) in [7, 11) is 0. The fraction of sp³-hybridized carbons (Fsp3) is 0.389. The molecule has 0 aromatic heterocycles. The van der Waals surface area contributed by atoms with Crippen LogP contribution in [-0.2, 0) is 6.42 Å². The van der Waals surface area contributed by atoms with Crippen molar-refractivity contribution in [1.29, 1.82) is 0 Å². The van der Waals surface area contributed by atoms with Crippen LogP contribution in [0.2, 0.25) is 0 Å². The Kier molecular flexibility index (Phi) is 6.23. The average molecular weight is 272 g/mol. The fourth-order valence-corrected chi connectivity index (χ4v) is 1.73. The number of carbonyl (C=O) groups excluding carboxylic acids is 1. The first-order valence-electron chi connectivity index (χ1n) is 6.93. The van der Waals surface area contributed by atoms with Gasteiger partial charge < -0.3 is 4.74 Å². The van der Waals surface area contributed by atoms with Crippen molar-refractivity contribution in [3.63, 3.8) is 0 Å². The molecule has 2 nitrogen and oxygen atoms in total. The summed E-state index contributed by atoms with van der Waals surface area (Å²) < 4.78 is 5.68. The van der Waals surface area contributed by atoms with Gasteiger partial charge in [-0.3, -0.25) is 4.79 Å². The summed E-state index contributed by atoms with van der Waals surface area (Å²) in [6, 6.07) is 5.84. The van der Waals surface area contributed by atoms with Crippen molar-refractivity contribution < 1.29 is 9.53 Å². The third-order valence-corrected chi connectivity index (χ3v) is 2.90. The van der Waals surface area contributed by atoms with Gasteiger partial charge in [-0.05, 0) is 64.8 Å². The van der Waals surface area contributed by atoms with Crippen LogP contribution < -0.4 is 4.74 Å². The van der Waals surface area contributed by atoms with Crippen LogP contribution in [0.1, 0.15) is 50.5 Å². The molecule has 0 N–H and O–H groups in total.